The van der Waals surface area contributed by atoms with E-state index in [0.29, 0.717) is 16.6 Å². The lowest BCUT2D eigenvalue weighted by atomic mass is 9.92. The van der Waals surface area contributed by atoms with Gasteiger partial charge in [-0.2, -0.15) is 0 Å². The molecule has 0 aliphatic rings. The first kappa shape index (κ1) is 16.4. The number of halogens is 2. The molecule has 0 saturated carbocycles. The van der Waals surface area contributed by atoms with Gasteiger partial charge in [-0.15, -0.1) is 0 Å². The summed E-state index contributed by atoms with van der Waals surface area (Å²) in [5.41, 5.74) is 3.38. The van der Waals surface area contributed by atoms with E-state index in [2.05, 4.69) is 37.5 Å². The second-order valence-electron chi connectivity index (χ2n) is 7.08. The van der Waals surface area contributed by atoms with Crippen molar-refractivity contribution >= 4 is 34.2 Å². The second kappa shape index (κ2) is 6.18. The molecule has 3 aromatic rings. The molecule has 0 saturated heterocycles. The summed E-state index contributed by atoms with van der Waals surface area (Å²) in [6.45, 7) is 7.38. The number of aromatic nitrogens is 2. The highest BCUT2D eigenvalue weighted by molar-refractivity contribution is 6.35. The molecule has 0 unspecified atom stereocenters. The van der Waals surface area contributed by atoms with E-state index in [4.69, 9.17) is 28.2 Å². The van der Waals surface area contributed by atoms with Crippen LogP contribution in [0.3, 0.4) is 0 Å². The minimum Gasteiger partial charge on any atom is -0.323 e. The van der Waals surface area contributed by atoms with E-state index >= 15 is 0 Å². The van der Waals surface area contributed by atoms with Gasteiger partial charge in [0.05, 0.1) is 17.6 Å². The number of para-hydroxylation sites is 2. The number of fused-ring (bicyclic) bond motifs is 1. The van der Waals surface area contributed by atoms with Crippen LogP contribution in [0.2, 0.25) is 10.0 Å². The summed E-state index contributed by atoms with van der Waals surface area (Å²) in [7, 11) is 0. The van der Waals surface area contributed by atoms with Gasteiger partial charge in [-0.25, -0.2) is 4.98 Å². The molecule has 1 aromatic heterocycles. The number of hydrogen-bond acceptors (Lipinski definition) is 1. The number of rotatable bonds is 3. The van der Waals surface area contributed by atoms with Crippen molar-refractivity contribution in [2.45, 2.75) is 33.7 Å². The molecule has 0 bridgehead atoms. The van der Waals surface area contributed by atoms with Crippen LogP contribution >= 0.6 is 23.2 Å². The van der Waals surface area contributed by atoms with Crippen LogP contribution in [0.25, 0.3) is 11.0 Å². The van der Waals surface area contributed by atoms with Crippen LogP contribution in [0.5, 0.6) is 0 Å². The molecule has 3 rings (SSSR count). The van der Waals surface area contributed by atoms with Crippen LogP contribution < -0.4 is 0 Å². The minimum absolute atomic E-state index is 0.170. The maximum Gasteiger partial charge on any atom is 0.110 e. The predicted molar refractivity (Wildman–Crippen MR) is 98.5 cm³/mol. The minimum atomic E-state index is 0.170. The topological polar surface area (TPSA) is 17.8 Å². The third kappa shape index (κ3) is 3.70. The average Bonchev–Trinajstić information content (AvgIpc) is 2.77. The van der Waals surface area contributed by atoms with Gasteiger partial charge in [-0.3, -0.25) is 0 Å². The van der Waals surface area contributed by atoms with Gasteiger partial charge in [-0.05, 0) is 35.2 Å². The zero-order valence-corrected chi connectivity index (χ0v) is 15.1. The van der Waals surface area contributed by atoms with Crippen molar-refractivity contribution in [2.75, 3.05) is 0 Å². The molecule has 23 heavy (non-hydrogen) atoms. The summed E-state index contributed by atoms with van der Waals surface area (Å²) in [6.07, 6.45) is 0.910. The van der Waals surface area contributed by atoms with Crippen molar-refractivity contribution in [2.24, 2.45) is 5.41 Å². The Hall–Kier alpha value is -1.51. The molecule has 0 fully saturated rings. The lowest BCUT2D eigenvalue weighted by Crippen LogP contribution is -2.15. The predicted octanol–water partition coefficient (Wildman–Crippen LogP) is 5.98. The van der Waals surface area contributed by atoms with E-state index in [1.165, 1.54) is 0 Å². The van der Waals surface area contributed by atoms with E-state index in [9.17, 15) is 0 Å². The third-order valence-electron chi connectivity index (χ3n) is 3.77. The van der Waals surface area contributed by atoms with Crippen molar-refractivity contribution in [3.63, 3.8) is 0 Å². The molecule has 0 spiro atoms. The van der Waals surface area contributed by atoms with E-state index in [1.807, 2.05) is 24.3 Å². The zero-order valence-electron chi connectivity index (χ0n) is 13.6. The standard InChI is InChI=1S/C19H20Cl2N2/c1-19(2,3)11-18-22-16-6-4-5-7-17(16)23(18)12-13-8-9-14(20)10-15(13)21/h4-10H,11-12H2,1-3H3. The highest BCUT2D eigenvalue weighted by Gasteiger charge is 2.18. The molecule has 0 N–H and O–H groups in total. The lowest BCUT2D eigenvalue weighted by Gasteiger charge is -2.19. The quantitative estimate of drug-likeness (QED) is 0.570. The smallest absolute Gasteiger partial charge is 0.110 e. The third-order valence-corrected chi connectivity index (χ3v) is 4.35. The molecule has 2 aromatic carbocycles. The molecular weight excluding hydrogens is 327 g/mol. The van der Waals surface area contributed by atoms with Crippen LogP contribution in [0.1, 0.15) is 32.2 Å². The fourth-order valence-corrected chi connectivity index (χ4v) is 3.20. The van der Waals surface area contributed by atoms with Crippen LogP contribution in [-0.2, 0) is 13.0 Å². The fourth-order valence-electron chi connectivity index (χ4n) is 2.73. The first-order valence-electron chi connectivity index (χ1n) is 7.71. The van der Waals surface area contributed by atoms with Crippen molar-refractivity contribution in [1.29, 1.82) is 0 Å². The lowest BCUT2D eigenvalue weighted by molar-refractivity contribution is 0.394. The number of imidazole rings is 1. The summed E-state index contributed by atoms with van der Waals surface area (Å²) in [5.74, 6) is 1.09. The molecule has 120 valence electrons. The van der Waals surface area contributed by atoms with Gasteiger partial charge in [-0.1, -0.05) is 62.2 Å². The highest BCUT2D eigenvalue weighted by Crippen LogP contribution is 2.27. The fraction of sp³-hybridized carbons (Fsp3) is 0.316. The Labute approximate surface area is 147 Å². The average molecular weight is 347 g/mol. The van der Waals surface area contributed by atoms with Gasteiger partial charge in [0.15, 0.2) is 0 Å². The maximum absolute atomic E-state index is 6.36. The Balaban J connectivity index is 2.08. The zero-order chi connectivity index (χ0) is 16.6. The molecule has 0 amide bonds. The van der Waals surface area contributed by atoms with Gasteiger partial charge in [0.1, 0.15) is 5.82 Å². The van der Waals surface area contributed by atoms with Gasteiger partial charge < -0.3 is 4.57 Å². The van der Waals surface area contributed by atoms with Gasteiger partial charge in [0.2, 0.25) is 0 Å². The molecule has 0 aliphatic heterocycles. The van der Waals surface area contributed by atoms with E-state index in [1.54, 1.807) is 6.07 Å². The van der Waals surface area contributed by atoms with Crippen LogP contribution in [0, 0.1) is 5.41 Å². The Kier molecular flexibility index (Phi) is 4.39. The monoisotopic (exact) mass is 346 g/mol. The normalized spacial score (nSPS) is 12.0. The molecule has 1 heterocycles. The summed E-state index contributed by atoms with van der Waals surface area (Å²) >= 11 is 12.4. The summed E-state index contributed by atoms with van der Waals surface area (Å²) < 4.78 is 2.26. The Bertz CT molecular complexity index is 844. The molecular formula is C19H20Cl2N2. The largest absolute Gasteiger partial charge is 0.323 e. The van der Waals surface area contributed by atoms with Crippen molar-refractivity contribution in [3.05, 3.63) is 63.9 Å². The number of hydrogen-bond donors (Lipinski definition) is 0. The van der Waals surface area contributed by atoms with Gasteiger partial charge in [0.25, 0.3) is 0 Å². The first-order valence-corrected chi connectivity index (χ1v) is 8.47. The van der Waals surface area contributed by atoms with Gasteiger partial charge >= 0.3 is 0 Å². The Morgan fingerprint density at radius 3 is 2.48 bits per heavy atom. The summed E-state index contributed by atoms with van der Waals surface area (Å²) in [4.78, 5) is 4.84. The molecule has 0 aliphatic carbocycles. The van der Waals surface area contributed by atoms with Crippen molar-refractivity contribution in [3.8, 4) is 0 Å². The maximum atomic E-state index is 6.36. The summed E-state index contributed by atoms with van der Waals surface area (Å²) in [6, 6.07) is 13.9. The number of nitrogens with zero attached hydrogens (tertiary/aromatic N) is 2. The van der Waals surface area contributed by atoms with Crippen molar-refractivity contribution in [1.82, 2.24) is 9.55 Å². The molecule has 4 heteroatoms. The SMILES string of the molecule is CC(C)(C)Cc1nc2ccccc2n1Cc1ccc(Cl)cc1Cl. The number of benzene rings is 2. The molecule has 0 radical (unpaired) electrons. The van der Waals surface area contributed by atoms with E-state index < -0.39 is 0 Å². The van der Waals surface area contributed by atoms with Crippen LogP contribution in [0.4, 0.5) is 0 Å². The second-order valence-corrected chi connectivity index (χ2v) is 7.92. The van der Waals surface area contributed by atoms with Crippen LogP contribution in [0.15, 0.2) is 42.5 Å². The van der Waals surface area contributed by atoms with Gasteiger partial charge in [0, 0.05) is 16.5 Å². The Morgan fingerprint density at radius 2 is 1.78 bits per heavy atom. The highest BCUT2D eigenvalue weighted by atomic mass is 35.5. The van der Waals surface area contributed by atoms with E-state index in [-0.39, 0.29) is 5.41 Å². The Morgan fingerprint density at radius 1 is 1.04 bits per heavy atom. The summed E-state index contributed by atoms with van der Waals surface area (Å²) in [5, 5.41) is 1.35. The van der Waals surface area contributed by atoms with Crippen molar-refractivity contribution < 1.29 is 0 Å². The van der Waals surface area contributed by atoms with Crippen LogP contribution in [-0.4, -0.2) is 9.55 Å². The molecule has 0 atom stereocenters. The molecule has 2 nitrogen and oxygen atoms in total. The van der Waals surface area contributed by atoms with E-state index in [0.717, 1.165) is 28.8 Å². The first-order chi connectivity index (χ1) is 10.8.